The lowest BCUT2D eigenvalue weighted by atomic mass is 10.3. The third kappa shape index (κ3) is 2.84. The van der Waals surface area contributed by atoms with E-state index in [1.54, 1.807) is 11.3 Å². The molecule has 110 valence electrons. The fourth-order valence-corrected chi connectivity index (χ4v) is 3.30. The predicted molar refractivity (Wildman–Crippen MR) is 88.4 cm³/mol. The minimum absolute atomic E-state index is 0.488. The molecule has 0 bridgehead atoms. The molecule has 1 aromatic carbocycles. The summed E-state index contributed by atoms with van der Waals surface area (Å²) in [5.74, 6) is 1.27. The van der Waals surface area contributed by atoms with E-state index in [0.717, 1.165) is 32.4 Å². The molecule has 4 nitrogen and oxygen atoms in total. The molecule has 0 unspecified atom stereocenters. The van der Waals surface area contributed by atoms with E-state index >= 15 is 0 Å². The van der Waals surface area contributed by atoms with E-state index in [0.29, 0.717) is 19.1 Å². The molecule has 0 amide bonds. The number of benzene rings is 1. The molecule has 6 heteroatoms. The highest BCUT2D eigenvalue weighted by molar-refractivity contribution is 7.16. The van der Waals surface area contributed by atoms with Crippen molar-refractivity contribution in [2.45, 2.75) is 19.9 Å². The van der Waals surface area contributed by atoms with Crippen LogP contribution in [0.1, 0.15) is 18.2 Å². The maximum atomic E-state index is 6.07. The molecular formula is C15H16ClN3OS. The maximum Gasteiger partial charge on any atom is 0.201 e. The van der Waals surface area contributed by atoms with E-state index in [1.807, 2.05) is 34.9 Å². The molecule has 3 rings (SSSR count). The first kappa shape index (κ1) is 14.2. The van der Waals surface area contributed by atoms with Crippen molar-refractivity contribution in [2.75, 3.05) is 12.3 Å². The van der Waals surface area contributed by atoms with Crippen LogP contribution in [0.25, 0.3) is 11.0 Å². The van der Waals surface area contributed by atoms with Crippen molar-refractivity contribution in [1.82, 2.24) is 9.55 Å². The second kappa shape index (κ2) is 5.95. The van der Waals surface area contributed by atoms with Gasteiger partial charge in [0, 0.05) is 4.88 Å². The van der Waals surface area contributed by atoms with E-state index < -0.39 is 0 Å². The molecule has 0 saturated carbocycles. The Bertz CT molecular complexity index is 765. The first-order valence-electron chi connectivity index (χ1n) is 6.80. The molecule has 0 aliphatic rings. The van der Waals surface area contributed by atoms with Gasteiger partial charge in [0.2, 0.25) is 5.95 Å². The molecule has 2 aromatic heterocycles. The van der Waals surface area contributed by atoms with Crippen molar-refractivity contribution >= 4 is 39.9 Å². The highest BCUT2D eigenvalue weighted by Gasteiger charge is 2.13. The zero-order valence-corrected chi connectivity index (χ0v) is 13.2. The van der Waals surface area contributed by atoms with Crippen molar-refractivity contribution in [1.29, 1.82) is 0 Å². The number of para-hydroxylation sites is 1. The highest BCUT2D eigenvalue weighted by atomic mass is 35.5. The van der Waals surface area contributed by atoms with Gasteiger partial charge in [-0.3, -0.25) is 0 Å². The van der Waals surface area contributed by atoms with Crippen molar-refractivity contribution in [3.8, 4) is 5.75 Å². The first-order valence-corrected chi connectivity index (χ1v) is 8.00. The van der Waals surface area contributed by atoms with Crippen LogP contribution in [0.2, 0.25) is 4.34 Å². The largest absolute Gasteiger partial charge is 0.491 e. The van der Waals surface area contributed by atoms with Crippen molar-refractivity contribution in [2.24, 2.45) is 0 Å². The zero-order valence-electron chi connectivity index (χ0n) is 11.7. The van der Waals surface area contributed by atoms with E-state index in [1.165, 1.54) is 0 Å². The minimum atomic E-state index is 0.488. The smallest absolute Gasteiger partial charge is 0.201 e. The first-order chi connectivity index (χ1) is 10.2. The van der Waals surface area contributed by atoms with Crippen LogP contribution in [-0.2, 0) is 6.54 Å². The summed E-state index contributed by atoms with van der Waals surface area (Å²) in [5.41, 5.74) is 7.86. The van der Waals surface area contributed by atoms with Gasteiger partial charge in [-0.1, -0.05) is 24.6 Å². The number of nitrogen functional groups attached to an aromatic ring is 1. The lowest BCUT2D eigenvalue weighted by Gasteiger charge is -2.06. The number of hydrogen-bond acceptors (Lipinski definition) is 4. The molecule has 2 N–H and O–H groups in total. The Morgan fingerprint density at radius 2 is 2.19 bits per heavy atom. The second-order valence-corrected chi connectivity index (χ2v) is 6.53. The highest BCUT2D eigenvalue weighted by Crippen LogP contribution is 2.29. The zero-order chi connectivity index (χ0) is 14.8. The number of halogens is 1. The standard InChI is InChI=1S/C15H16ClN3OS/c1-2-8-20-12-5-3-4-11-14(12)18-15(17)19(11)9-10-6-7-13(16)21-10/h3-7H,2,8-9H2,1H3,(H2,17,18). The Labute approximate surface area is 132 Å². The van der Waals surface area contributed by atoms with Gasteiger partial charge >= 0.3 is 0 Å². The Kier molecular flexibility index (Phi) is 4.03. The van der Waals surface area contributed by atoms with Crippen molar-refractivity contribution in [3.63, 3.8) is 0 Å². The average Bonchev–Trinajstić information content (AvgIpc) is 3.02. The lowest BCUT2D eigenvalue weighted by molar-refractivity contribution is 0.320. The van der Waals surface area contributed by atoms with Crippen LogP contribution in [0.4, 0.5) is 5.95 Å². The average molecular weight is 322 g/mol. The summed E-state index contributed by atoms with van der Waals surface area (Å²) >= 11 is 7.53. The third-order valence-corrected chi connectivity index (χ3v) is 4.39. The molecule has 2 heterocycles. The Morgan fingerprint density at radius 1 is 1.33 bits per heavy atom. The van der Waals surface area contributed by atoms with Crippen molar-refractivity contribution in [3.05, 3.63) is 39.5 Å². The van der Waals surface area contributed by atoms with Crippen LogP contribution in [0.15, 0.2) is 30.3 Å². The SMILES string of the molecule is CCCOc1cccc2c1nc(N)n2Cc1ccc(Cl)s1. The van der Waals surface area contributed by atoms with Crippen LogP contribution < -0.4 is 10.5 Å². The van der Waals surface area contributed by atoms with Crippen LogP contribution in [0.5, 0.6) is 5.75 Å². The quantitative estimate of drug-likeness (QED) is 0.767. The van der Waals surface area contributed by atoms with Gasteiger partial charge < -0.3 is 15.0 Å². The second-order valence-electron chi connectivity index (χ2n) is 4.73. The number of nitrogens with zero attached hydrogens (tertiary/aromatic N) is 2. The number of fused-ring (bicyclic) bond motifs is 1. The van der Waals surface area contributed by atoms with Gasteiger partial charge in [-0.05, 0) is 30.7 Å². The number of hydrogen-bond donors (Lipinski definition) is 1. The van der Waals surface area contributed by atoms with Gasteiger partial charge in [0.15, 0.2) is 0 Å². The summed E-state index contributed by atoms with van der Waals surface area (Å²) in [5, 5.41) is 0. The maximum absolute atomic E-state index is 6.07. The van der Waals surface area contributed by atoms with Crippen LogP contribution in [-0.4, -0.2) is 16.2 Å². The fourth-order valence-electron chi connectivity index (χ4n) is 2.23. The number of rotatable bonds is 5. The summed E-state index contributed by atoms with van der Waals surface area (Å²) in [6.07, 6.45) is 0.959. The minimum Gasteiger partial charge on any atom is -0.491 e. The van der Waals surface area contributed by atoms with Gasteiger partial charge in [-0.25, -0.2) is 4.98 Å². The van der Waals surface area contributed by atoms with E-state index in [-0.39, 0.29) is 0 Å². The molecule has 0 saturated heterocycles. The van der Waals surface area contributed by atoms with E-state index in [2.05, 4.69) is 11.9 Å². The van der Waals surface area contributed by atoms with Gasteiger partial charge in [0.1, 0.15) is 11.3 Å². The number of ether oxygens (including phenoxy) is 1. The summed E-state index contributed by atoms with van der Waals surface area (Å²) in [6.45, 7) is 3.41. The molecule has 0 spiro atoms. The number of imidazole rings is 1. The Balaban J connectivity index is 2.00. The van der Waals surface area contributed by atoms with Gasteiger partial charge in [0.05, 0.1) is 23.0 Å². The topological polar surface area (TPSA) is 53.1 Å². The molecule has 0 radical (unpaired) electrons. The monoisotopic (exact) mass is 321 g/mol. The van der Waals surface area contributed by atoms with Gasteiger partial charge in [-0.15, -0.1) is 11.3 Å². The van der Waals surface area contributed by atoms with E-state index in [4.69, 9.17) is 22.1 Å². The van der Waals surface area contributed by atoms with Crippen LogP contribution >= 0.6 is 22.9 Å². The van der Waals surface area contributed by atoms with Gasteiger partial charge in [-0.2, -0.15) is 0 Å². The molecule has 3 aromatic rings. The summed E-state index contributed by atoms with van der Waals surface area (Å²) < 4.78 is 8.50. The molecule has 0 fully saturated rings. The van der Waals surface area contributed by atoms with Crippen LogP contribution in [0.3, 0.4) is 0 Å². The predicted octanol–water partition coefficient (Wildman–Crippen LogP) is 4.17. The number of thiophene rings is 1. The normalized spacial score (nSPS) is 11.1. The number of aromatic nitrogens is 2. The summed E-state index contributed by atoms with van der Waals surface area (Å²) in [6, 6.07) is 9.80. The third-order valence-electron chi connectivity index (χ3n) is 3.18. The number of anilines is 1. The van der Waals surface area contributed by atoms with E-state index in [9.17, 15) is 0 Å². The molecule has 0 aliphatic heterocycles. The van der Waals surface area contributed by atoms with Crippen molar-refractivity contribution < 1.29 is 4.74 Å². The lowest BCUT2D eigenvalue weighted by Crippen LogP contribution is -2.03. The molecule has 0 atom stereocenters. The van der Waals surface area contributed by atoms with Crippen LogP contribution in [0, 0.1) is 0 Å². The number of nitrogens with two attached hydrogens (primary N) is 1. The Hall–Kier alpha value is -1.72. The summed E-state index contributed by atoms with van der Waals surface area (Å²) in [7, 11) is 0. The van der Waals surface area contributed by atoms with Gasteiger partial charge in [0.25, 0.3) is 0 Å². The Morgan fingerprint density at radius 3 is 2.90 bits per heavy atom. The molecule has 21 heavy (non-hydrogen) atoms. The molecule has 0 aliphatic carbocycles. The fraction of sp³-hybridized carbons (Fsp3) is 0.267. The molecular weight excluding hydrogens is 306 g/mol. The summed E-state index contributed by atoms with van der Waals surface area (Å²) in [4.78, 5) is 5.60.